The molecule has 122 valence electrons. The molecule has 0 saturated carbocycles. The van der Waals surface area contributed by atoms with Gasteiger partial charge in [-0.05, 0) is 56.0 Å². The minimum atomic E-state index is 0.0270. The van der Waals surface area contributed by atoms with Crippen molar-refractivity contribution >= 4 is 38.3 Å². The van der Waals surface area contributed by atoms with Crippen LogP contribution in [0.1, 0.15) is 35.6 Å². The number of hydrogen-bond acceptors (Lipinski definition) is 4. The van der Waals surface area contributed by atoms with Gasteiger partial charge in [0.2, 0.25) is 5.91 Å². The number of halogens is 1. The van der Waals surface area contributed by atoms with Crippen LogP contribution in [0.4, 0.5) is 5.13 Å². The number of nitrogens with one attached hydrogen (secondary N) is 2. The summed E-state index contributed by atoms with van der Waals surface area (Å²) >= 11 is 5.03. The molecule has 0 spiro atoms. The third-order valence-corrected chi connectivity index (χ3v) is 5.67. The molecular weight excluding hydrogens is 374 g/mol. The average molecular weight is 394 g/mol. The van der Waals surface area contributed by atoms with Crippen molar-refractivity contribution in [1.82, 2.24) is 10.3 Å². The van der Waals surface area contributed by atoms with Crippen LogP contribution >= 0.6 is 27.3 Å². The molecule has 6 heteroatoms. The lowest BCUT2D eigenvalue weighted by Crippen LogP contribution is -2.26. The van der Waals surface area contributed by atoms with E-state index in [1.165, 1.54) is 4.88 Å². The van der Waals surface area contributed by atoms with Crippen molar-refractivity contribution in [3.63, 3.8) is 0 Å². The minimum absolute atomic E-state index is 0.0270. The van der Waals surface area contributed by atoms with Crippen molar-refractivity contribution in [2.75, 3.05) is 18.4 Å². The van der Waals surface area contributed by atoms with Crippen LogP contribution in [0.5, 0.6) is 0 Å². The molecule has 1 aliphatic heterocycles. The van der Waals surface area contributed by atoms with Gasteiger partial charge < -0.3 is 10.6 Å². The summed E-state index contributed by atoms with van der Waals surface area (Å²) in [6.45, 7) is 2.13. The fourth-order valence-corrected chi connectivity index (χ4v) is 4.00. The number of benzene rings is 1. The van der Waals surface area contributed by atoms with Gasteiger partial charge >= 0.3 is 0 Å². The molecule has 0 atom stereocenters. The van der Waals surface area contributed by atoms with Crippen LogP contribution in [-0.2, 0) is 11.2 Å². The van der Waals surface area contributed by atoms with Crippen LogP contribution < -0.4 is 10.6 Å². The molecule has 4 nitrogen and oxygen atoms in total. The summed E-state index contributed by atoms with van der Waals surface area (Å²) in [6, 6.07) is 8.07. The van der Waals surface area contributed by atoms with E-state index in [0.717, 1.165) is 47.5 Å². The quantitative estimate of drug-likeness (QED) is 0.808. The third kappa shape index (κ3) is 4.86. The highest BCUT2D eigenvalue weighted by atomic mass is 79.9. The SMILES string of the molecule is O=C(CCc1ccc(Br)cc1)Nc1ncc(C2CCNCC2)s1. The van der Waals surface area contributed by atoms with Crippen LogP contribution in [0.15, 0.2) is 34.9 Å². The summed E-state index contributed by atoms with van der Waals surface area (Å²) in [5.41, 5.74) is 1.16. The summed E-state index contributed by atoms with van der Waals surface area (Å²) < 4.78 is 1.05. The van der Waals surface area contributed by atoms with E-state index in [2.05, 4.69) is 31.5 Å². The second-order valence-corrected chi connectivity index (χ2v) is 7.74. The number of rotatable bonds is 5. The highest BCUT2D eigenvalue weighted by Crippen LogP contribution is 2.31. The smallest absolute Gasteiger partial charge is 0.226 e. The van der Waals surface area contributed by atoms with E-state index in [1.807, 2.05) is 30.5 Å². The van der Waals surface area contributed by atoms with Gasteiger partial charge in [0.05, 0.1) is 0 Å². The Kier molecular flexibility index (Phi) is 5.80. The lowest BCUT2D eigenvalue weighted by Gasteiger charge is -2.20. The van der Waals surface area contributed by atoms with Crippen LogP contribution in [0, 0.1) is 0 Å². The zero-order chi connectivity index (χ0) is 16.1. The first-order chi connectivity index (χ1) is 11.2. The molecule has 0 unspecified atom stereocenters. The molecule has 2 aromatic rings. The number of amides is 1. The lowest BCUT2D eigenvalue weighted by atomic mass is 9.97. The largest absolute Gasteiger partial charge is 0.317 e. The van der Waals surface area contributed by atoms with Gasteiger partial charge in [-0.1, -0.05) is 28.1 Å². The van der Waals surface area contributed by atoms with Crippen molar-refractivity contribution in [3.8, 4) is 0 Å². The zero-order valence-electron chi connectivity index (χ0n) is 12.8. The van der Waals surface area contributed by atoms with Crippen molar-refractivity contribution in [3.05, 3.63) is 45.4 Å². The number of piperidine rings is 1. The first kappa shape index (κ1) is 16.6. The molecule has 23 heavy (non-hydrogen) atoms. The highest BCUT2D eigenvalue weighted by molar-refractivity contribution is 9.10. The second-order valence-electron chi connectivity index (χ2n) is 5.77. The molecule has 1 saturated heterocycles. The summed E-state index contributed by atoms with van der Waals surface area (Å²) in [4.78, 5) is 17.7. The summed E-state index contributed by atoms with van der Waals surface area (Å²) in [6.07, 6.45) is 5.44. The fourth-order valence-electron chi connectivity index (χ4n) is 2.73. The Morgan fingerprint density at radius 2 is 2.04 bits per heavy atom. The predicted molar refractivity (Wildman–Crippen MR) is 98.1 cm³/mol. The molecule has 2 heterocycles. The van der Waals surface area contributed by atoms with Crippen LogP contribution in [0.25, 0.3) is 0 Å². The van der Waals surface area contributed by atoms with Crippen LogP contribution in [0.2, 0.25) is 0 Å². The molecule has 1 aromatic carbocycles. The molecule has 1 aromatic heterocycles. The first-order valence-electron chi connectivity index (χ1n) is 7.91. The van der Waals surface area contributed by atoms with Gasteiger partial charge in [0, 0.05) is 22.0 Å². The van der Waals surface area contributed by atoms with Crippen molar-refractivity contribution in [2.45, 2.75) is 31.6 Å². The number of carbonyl (C=O) groups excluding carboxylic acids is 1. The Morgan fingerprint density at radius 3 is 2.78 bits per heavy atom. The number of carbonyl (C=O) groups is 1. The topological polar surface area (TPSA) is 54.0 Å². The molecule has 2 N–H and O–H groups in total. The maximum Gasteiger partial charge on any atom is 0.226 e. The minimum Gasteiger partial charge on any atom is -0.317 e. The Morgan fingerprint density at radius 1 is 1.30 bits per heavy atom. The van der Waals surface area contributed by atoms with Crippen molar-refractivity contribution in [1.29, 1.82) is 0 Å². The molecule has 1 amide bonds. The Labute approximate surface area is 148 Å². The average Bonchev–Trinajstić information content (AvgIpc) is 3.04. The Bertz CT molecular complexity index is 650. The van der Waals surface area contributed by atoms with Gasteiger partial charge in [-0.25, -0.2) is 4.98 Å². The Hall–Kier alpha value is -1.24. The molecule has 1 fully saturated rings. The maximum atomic E-state index is 12.1. The second kappa shape index (κ2) is 8.04. The normalized spacial score (nSPS) is 15.5. The van der Waals surface area contributed by atoms with E-state index in [9.17, 15) is 4.79 Å². The fraction of sp³-hybridized carbons (Fsp3) is 0.412. The maximum absolute atomic E-state index is 12.1. The van der Waals surface area contributed by atoms with Gasteiger partial charge in [-0.2, -0.15) is 0 Å². The van der Waals surface area contributed by atoms with E-state index < -0.39 is 0 Å². The molecular formula is C17H20BrN3OS. The number of anilines is 1. The van der Waals surface area contributed by atoms with Gasteiger partial charge in [0.1, 0.15) is 0 Å². The molecule has 0 bridgehead atoms. The Balaban J connectivity index is 1.49. The van der Waals surface area contributed by atoms with Crippen molar-refractivity contribution in [2.24, 2.45) is 0 Å². The lowest BCUT2D eigenvalue weighted by molar-refractivity contribution is -0.116. The zero-order valence-corrected chi connectivity index (χ0v) is 15.3. The summed E-state index contributed by atoms with van der Waals surface area (Å²) in [5.74, 6) is 0.612. The van der Waals surface area contributed by atoms with E-state index in [-0.39, 0.29) is 5.91 Å². The van der Waals surface area contributed by atoms with Crippen LogP contribution in [-0.4, -0.2) is 24.0 Å². The van der Waals surface area contributed by atoms with Gasteiger partial charge in [-0.3, -0.25) is 4.79 Å². The number of thiazole rings is 1. The molecule has 0 radical (unpaired) electrons. The van der Waals surface area contributed by atoms with E-state index in [1.54, 1.807) is 11.3 Å². The monoisotopic (exact) mass is 393 g/mol. The summed E-state index contributed by atoms with van der Waals surface area (Å²) in [5, 5.41) is 7.02. The number of nitrogens with zero attached hydrogens (tertiary/aromatic N) is 1. The third-order valence-electron chi connectivity index (χ3n) is 4.07. The summed E-state index contributed by atoms with van der Waals surface area (Å²) in [7, 11) is 0. The van der Waals surface area contributed by atoms with Gasteiger partial charge in [0.15, 0.2) is 5.13 Å². The van der Waals surface area contributed by atoms with E-state index in [4.69, 9.17) is 0 Å². The van der Waals surface area contributed by atoms with Gasteiger partial charge in [-0.15, -0.1) is 11.3 Å². The molecule has 0 aliphatic carbocycles. The predicted octanol–water partition coefficient (Wildman–Crippen LogP) is 3.94. The first-order valence-corrected chi connectivity index (χ1v) is 9.52. The number of hydrogen-bond donors (Lipinski definition) is 2. The van der Waals surface area contributed by atoms with E-state index in [0.29, 0.717) is 12.3 Å². The van der Waals surface area contributed by atoms with Crippen molar-refractivity contribution < 1.29 is 4.79 Å². The van der Waals surface area contributed by atoms with E-state index >= 15 is 0 Å². The number of aromatic nitrogens is 1. The van der Waals surface area contributed by atoms with Crippen LogP contribution in [0.3, 0.4) is 0 Å². The standard InChI is InChI=1S/C17H20BrN3OS/c18-14-4-1-12(2-5-14)3-6-16(22)21-17-20-11-15(23-17)13-7-9-19-10-8-13/h1-2,4-5,11,13,19H,3,6-10H2,(H,20,21,22). The highest BCUT2D eigenvalue weighted by Gasteiger charge is 2.18. The molecule has 1 aliphatic rings. The number of aryl methyl sites for hydroxylation is 1. The molecule has 3 rings (SSSR count). The van der Waals surface area contributed by atoms with Gasteiger partial charge in [0.25, 0.3) is 0 Å².